The predicted molar refractivity (Wildman–Crippen MR) is 130 cm³/mol. The lowest BCUT2D eigenvalue weighted by atomic mass is 9.74. The molecule has 6 heteroatoms. The van der Waals surface area contributed by atoms with Crippen molar-refractivity contribution in [2.45, 2.75) is 25.4 Å². The number of ether oxygens (including phenoxy) is 1. The topological polar surface area (TPSA) is 58.9 Å². The van der Waals surface area contributed by atoms with E-state index in [0.717, 1.165) is 29.4 Å². The molecule has 2 aromatic heterocycles. The van der Waals surface area contributed by atoms with E-state index in [0.29, 0.717) is 12.2 Å². The Morgan fingerprint density at radius 2 is 1.91 bits per heavy atom. The summed E-state index contributed by atoms with van der Waals surface area (Å²) in [7, 11) is 1.70. The van der Waals surface area contributed by atoms with Crippen LogP contribution in [0.1, 0.15) is 35.6 Å². The maximum atomic E-state index is 13.8. The monoisotopic (exact) mass is 438 g/mol. The lowest BCUT2D eigenvalue weighted by Crippen LogP contribution is -2.47. The maximum Gasteiger partial charge on any atom is 0.265 e. The molecule has 0 spiro atoms. The van der Waals surface area contributed by atoms with E-state index in [4.69, 9.17) is 9.72 Å². The van der Waals surface area contributed by atoms with Gasteiger partial charge in [-0.3, -0.25) is 9.20 Å². The van der Waals surface area contributed by atoms with Crippen molar-refractivity contribution < 1.29 is 4.74 Å². The molecule has 0 fully saturated rings. The van der Waals surface area contributed by atoms with Crippen molar-refractivity contribution >= 4 is 17.2 Å². The molecule has 6 rings (SSSR count). The van der Waals surface area contributed by atoms with Gasteiger partial charge in [-0.15, -0.1) is 0 Å². The standard InChI is InChI=1S/C27H26N4O2/c1-17-20-14-19(33-2)11-12-22(20)28-25-21(17)16-30(15-18-8-4-3-5-9-18)26-24(25)27(32)31-13-7-6-10-23(31)29-26/h3-14,17,21,25,28H,15-16H2,1-2H3/t17-,21+,25-/m1/s1. The van der Waals surface area contributed by atoms with Crippen molar-refractivity contribution in [2.75, 3.05) is 23.9 Å². The first-order valence-corrected chi connectivity index (χ1v) is 11.4. The molecule has 6 nitrogen and oxygen atoms in total. The SMILES string of the molecule is COc1ccc2c(c1)[C@@H](C)[C@@H]1CN(Cc3ccccc3)c3nc4ccccn4c(=O)c3[C@@H]1N2. The van der Waals surface area contributed by atoms with Crippen molar-refractivity contribution in [2.24, 2.45) is 5.92 Å². The first-order valence-electron chi connectivity index (χ1n) is 11.4. The highest BCUT2D eigenvalue weighted by atomic mass is 16.5. The minimum atomic E-state index is -0.0972. The average Bonchev–Trinajstić information content (AvgIpc) is 2.85. The third-order valence-electron chi connectivity index (χ3n) is 7.14. The fourth-order valence-electron chi connectivity index (χ4n) is 5.41. The number of pyridine rings is 1. The number of benzene rings is 2. The summed E-state index contributed by atoms with van der Waals surface area (Å²) in [6.07, 6.45) is 1.81. The second kappa shape index (κ2) is 7.66. The molecule has 0 unspecified atom stereocenters. The third-order valence-corrected chi connectivity index (χ3v) is 7.14. The number of fused-ring (bicyclic) bond motifs is 5. The number of rotatable bonds is 3. The molecule has 2 aliphatic heterocycles. The molecule has 33 heavy (non-hydrogen) atoms. The highest BCUT2D eigenvalue weighted by Crippen LogP contribution is 2.49. The Kier molecular flexibility index (Phi) is 4.61. The van der Waals surface area contributed by atoms with Crippen LogP contribution in [0.25, 0.3) is 5.65 Å². The van der Waals surface area contributed by atoms with Gasteiger partial charge in [0.25, 0.3) is 5.56 Å². The summed E-state index contributed by atoms with van der Waals surface area (Å²) in [6.45, 7) is 3.78. The van der Waals surface area contributed by atoms with Crippen LogP contribution >= 0.6 is 0 Å². The van der Waals surface area contributed by atoms with E-state index in [1.165, 1.54) is 11.1 Å². The molecule has 4 aromatic rings. The minimum absolute atomic E-state index is 0.0000216. The summed E-state index contributed by atoms with van der Waals surface area (Å²) in [5, 5.41) is 3.69. The smallest absolute Gasteiger partial charge is 0.265 e. The van der Waals surface area contributed by atoms with Crippen LogP contribution in [0.5, 0.6) is 5.75 Å². The van der Waals surface area contributed by atoms with E-state index in [1.807, 2.05) is 30.3 Å². The summed E-state index contributed by atoms with van der Waals surface area (Å²) in [5.74, 6) is 2.11. The van der Waals surface area contributed by atoms with Gasteiger partial charge in [-0.2, -0.15) is 0 Å². The maximum absolute atomic E-state index is 13.8. The van der Waals surface area contributed by atoms with Crippen molar-refractivity contribution in [1.29, 1.82) is 0 Å². The zero-order valence-electron chi connectivity index (χ0n) is 18.7. The molecule has 0 bridgehead atoms. The molecule has 166 valence electrons. The predicted octanol–water partition coefficient (Wildman–Crippen LogP) is 4.61. The van der Waals surface area contributed by atoms with E-state index >= 15 is 0 Å². The van der Waals surface area contributed by atoms with Crippen LogP contribution < -0.4 is 20.5 Å². The second-order valence-electron chi connectivity index (χ2n) is 8.98. The Morgan fingerprint density at radius 3 is 2.73 bits per heavy atom. The molecule has 1 N–H and O–H groups in total. The summed E-state index contributed by atoms with van der Waals surface area (Å²) in [5.41, 5.74) is 4.92. The molecule has 0 saturated carbocycles. The number of aromatic nitrogens is 2. The Hall–Kier alpha value is -3.80. The fourth-order valence-corrected chi connectivity index (χ4v) is 5.41. The van der Waals surface area contributed by atoms with Gasteiger partial charge in [-0.1, -0.05) is 43.3 Å². The van der Waals surface area contributed by atoms with Crippen LogP contribution in [0.3, 0.4) is 0 Å². The Balaban J connectivity index is 1.53. The van der Waals surface area contributed by atoms with Gasteiger partial charge in [-0.25, -0.2) is 4.98 Å². The van der Waals surface area contributed by atoms with Gasteiger partial charge < -0.3 is 15.0 Å². The van der Waals surface area contributed by atoms with Gasteiger partial charge in [-0.05, 0) is 47.4 Å². The van der Waals surface area contributed by atoms with Crippen LogP contribution in [0, 0.1) is 5.92 Å². The molecule has 4 heterocycles. The zero-order valence-corrected chi connectivity index (χ0v) is 18.7. The molecular formula is C27H26N4O2. The molecule has 3 atom stereocenters. The molecular weight excluding hydrogens is 412 g/mol. The van der Waals surface area contributed by atoms with Gasteiger partial charge in [0.1, 0.15) is 17.2 Å². The van der Waals surface area contributed by atoms with Gasteiger partial charge in [0.15, 0.2) is 0 Å². The number of anilines is 2. The lowest BCUT2D eigenvalue weighted by Gasteiger charge is -2.46. The quantitative estimate of drug-likeness (QED) is 0.506. The Morgan fingerprint density at radius 1 is 1.09 bits per heavy atom. The van der Waals surface area contributed by atoms with E-state index in [1.54, 1.807) is 17.7 Å². The largest absolute Gasteiger partial charge is 0.497 e. The summed E-state index contributed by atoms with van der Waals surface area (Å²) in [4.78, 5) is 21.0. The van der Waals surface area contributed by atoms with E-state index in [2.05, 4.69) is 53.5 Å². The number of methoxy groups -OCH3 is 1. The normalized spacial score (nSPS) is 21.0. The van der Waals surface area contributed by atoms with Crippen LogP contribution in [-0.4, -0.2) is 23.0 Å². The minimum Gasteiger partial charge on any atom is -0.497 e. The van der Waals surface area contributed by atoms with Crippen LogP contribution in [0.15, 0.2) is 77.7 Å². The number of nitrogens with zero attached hydrogens (tertiary/aromatic N) is 3. The first kappa shape index (κ1) is 19.9. The molecule has 2 aromatic carbocycles. The fraction of sp³-hybridized carbons (Fsp3) is 0.259. The van der Waals surface area contributed by atoms with E-state index in [9.17, 15) is 4.79 Å². The first-order chi connectivity index (χ1) is 16.1. The van der Waals surface area contributed by atoms with Crippen molar-refractivity contribution in [3.63, 3.8) is 0 Å². The van der Waals surface area contributed by atoms with Gasteiger partial charge in [0.05, 0.1) is 18.7 Å². The number of hydrogen-bond donors (Lipinski definition) is 1. The van der Waals surface area contributed by atoms with Gasteiger partial charge in [0, 0.05) is 30.9 Å². The summed E-state index contributed by atoms with van der Waals surface area (Å²) >= 11 is 0. The Bertz CT molecular complexity index is 1400. The number of nitrogens with one attached hydrogen (secondary N) is 1. The average molecular weight is 439 g/mol. The highest BCUT2D eigenvalue weighted by molar-refractivity contribution is 5.65. The van der Waals surface area contributed by atoms with E-state index < -0.39 is 0 Å². The molecule has 0 radical (unpaired) electrons. The van der Waals surface area contributed by atoms with Crippen LogP contribution in [-0.2, 0) is 6.54 Å². The van der Waals surface area contributed by atoms with Crippen molar-refractivity contribution in [1.82, 2.24) is 9.38 Å². The zero-order chi connectivity index (χ0) is 22.5. The highest BCUT2D eigenvalue weighted by Gasteiger charge is 2.43. The molecule has 0 aliphatic carbocycles. The van der Waals surface area contributed by atoms with E-state index in [-0.39, 0.29) is 23.4 Å². The number of hydrogen-bond acceptors (Lipinski definition) is 5. The third kappa shape index (κ3) is 3.17. The molecule has 0 saturated heterocycles. The Labute approximate surface area is 192 Å². The second-order valence-corrected chi connectivity index (χ2v) is 8.98. The molecule has 0 amide bonds. The summed E-state index contributed by atoms with van der Waals surface area (Å²) in [6, 6.07) is 22.1. The lowest BCUT2D eigenvalue weighted by molar-refractivity contribution is 0.351. The van der Waals surface area contributed by atoms with Gasteiger partial charge in [0.2, 0.25) is 0 Å². The van der Waals surface area contributed by atoms with Crippen molar-refractivity contribution in [3.8, 4) is 5.75 Å². The van der Waals surface area contributed by atoms with Crippen LogP contribution in [0.2, 0.25) is 0 Å². The van der Waals surface area contributed by atoms with Crippen LogP contribution in [0.4, 0.5) is 11.5 Å². The van der Waals surface area contributed by atoms with Crippen molar-refractivity contribution in [3.05, 3.63) is 100.0 Å². The van der Waals surface area contributed by atoms with Gasteiger partial charge >= 0.3 is 0 Å². The summed E-state index contributed by atoms with van der Waals surface area (Å²) < 4.78 is 7.15. The molecule has 2 aliphatic rings.